The zero-order chi connectivity index (χ0) is 19.3. The van der Waals surface area contributed by atoms with Gasteiger partial charge >= 0.3 is 12.1 Å². The third-order valence-corrected chi connectivity index (χ3v) is 3.61. The van der Waals surface area contributed by atoms with Crippen molar-refractivity contribution in [2.75, 3.05) is 0 Å². The summed E-state index contributed by atoms with van der Waals surface area (Å²) in [6.07, 6.45) is -3.00. The van der Waals surface area contributed by atoms with Crippen LogP contribution in [0.2, 0.25) is 0 Å². The summed E-state index contributed by atoms with van der Waals surface area (Å²) in [7, 11) is 0. The Kier molecular flexibility index (Phi) is 5.88. The van der Waals surface area contributed by atoms with Crippen molar-refractivity contribution in [2.24, 2.45) is 0 Å². The lowest BCUT2D eigenvalue weighted by Gasteiger charge is -2.09. The van der Waals surface area contributed by atoms with Crippen LogP contribution in [-0.2, 0) is 15.7 Å². The highest BCUT2D eigenvalue weighted by atomic mass is 19.4. The molecule has 0 bridgehead atoms. The smallest absolute Gasteiger partial charge is 0.416 e. The van der Waals surface area contributed by atoms with E-state index in [2.05, 4.69) is 0 Å². The Bertz CT molecular complexity index is 859. The lowest BCUT2D eigenvalue weighted by molar-refractivity contribution is -0.143. The molecule has 0 saturated carbocycles. The zero-order valence-corrected chi connectivity index (χ0v) is 14.1. The first kappa shape index (κ1) is 19.3. The van der Waals surface area contributed by atoms with E-state index in [0.717, 1.165) is 12.1 Å². The maximum Gasteiger partial charge on any atom is 0.416 e. The lowest BCUT2D eigenvalue weighted by atomic mass is 10.1. The maximum atomic E-state index is 12.8. The van der Waals surface area contributed by atoms with Crippen LogP contribution in [0, 0.1) is 11.3 Å². The van der Waals surface area contributed by atoms with Crippen molar-refractivity contribution in [1.29, 1.82) is 5.26 Å². The summed E-state index contributed by atoms with van der Waals surface area (Å²) in [4.78, 5) is 11.9. The van der Waals surface area contributed by atoms with Crippen molar-refractivity contribution in [3.8, 4) is 17.4 Å². The minimum atomic E-state index is -4.46. The molecule has 1 unspecified atom stereocenters. The Morgan fingerprint density at radius 3 is 2.69 bits per heavy atom. The number of alkyl halides is 3. The Hall–Kier alpha value is -3.01. The molecule has 0 amide bonds. The SMILES string of the molecule is CCC(C)OC(=O)/C(C#N)=C\c1ccc(-c2cccc(C(F)(F)F)c2)o1. The second-order valence-electron chi connectivity index (χ2n) is 5.57. The van der Waals surface area contributed by atoms with E-state index in [-0.39, 0.29) is 28.8 Å². The van der Waals surface area contributed by atoms with Crippen LogP contribution in [0.15, 0.2) is 46.4 Å². The minimum Gasteiger partial charge on any atom is -0.459 e. The summed E-state index contributed by atoms with van der Waals surface area (Å²) in [6.45, 7) is 3.53. The first-order valence-electron chi connectivity index (χ1n) is 7.84. The van der Waals surface area contributed by atoms with Gasteiger partial charge in [-0.1, -0.05) is 19.1 Å². The van der Waals surface area contributed by atoms with Crippen molar-refractivity contribution in [1.82, 2.24) is 0 Å². The number of nitriles is 1. The number of hydrogen-bond acceptors (Lipinski definition) is 4. The fourth-order valence-electron chi connectivity index (χ4n) is 2.04. The molecular formula is C19H16F3NO3. The summed E-state index contributed by atoms with van der Waals surface area (Å²) >= 11 is 0. The van der Waals surface area contributed by atoms with Gasteiger partial charge in [0.1, 0.15) is 23.2 Å². The largest absolute Gasteiger partial charge is 0.459 e. The molecule has 0 N–H and O–H groups in total. The molecule has 0 saturated heterocycles. The van der Waals surface area contributed by atoms with Gasteiger partial charge < -0.3 is 9.15 Å². The van der Waals surface area contributed by atoms with Gasteiger partial charge in [0.05, 0.1) is 11.7 Å². The van der Waals surface area contributed by atoms with E-state index in [1.807, 2.05) is 6.92 Å². The molecule has 0 aliphatic rings. The second-order valence-corrected chi connectivity index (χ2v) is 5.57. The van der Waals surface area contributed by atoms with Crippen LogP contribution in [0.4, 0.5) is 13.2 Å². The second kappa shape index (κ2) is 7.91. The van der Waals surface area contributed by atoms with Crippen molar-refractivity contribution in [3.05, 3.63) is 53.3 Å². The monoisotopic (exact) mass is 363 g/mol. The number of carbonyl (C=O) groups is 1. The van der Waals surface area contributed by atoms with Crippen LogP contribution in [0.3, 0.4) is 0 Å². The predicted octanol–water partition coefficient (Wildman–Crippen LogP) is 5.21. The molecule has 0 radical (unpaired) electrons. The number of ether oxygens (including phenoxy) is 1. The van der Waals surface area contributed by atoms with Gasteiger partial charge in [-0.05, 0) is 37.6 Å². The molecule has 1 aromatic heterocycles. The minimum absolute atomic E-state index is 0.162. The molecule has 2 rings (SSSR count). The fraction of sp³-hybridized carbons (Fsp3) is 0.263. The highest BCUT2D eigenvalue weighted by Crippen LogP contribution is 2.32. The average molecular weight is 363 g/mol. The summed E-state index contributed by atoms with van der Waals surface area (Å²) in [5.74, 6) is -0.427. The summed E-state index contributed by atoms with van der Waals surface area (Å²) < 4.78 is 48.9. The van der Waals surface area contributed by atoms with E-state index in [1.54, 1.807) is 13.0 Å². The number of furan rings is 1. The molecule has 0 fully saturated rings. The number of benzene rings is 1. The van der Waals surface area contributed by atoms with Crippen LogP contribution < -0.4 is 0 Å². The van der Waals surface area contributed by atoms with Gasteiger partial charge in [-0.25, -0.2) is 4.79 Å². The number of esters is 1. The highest BCUT2D eigenvalue weighted by molar-refractivity contribution is 5.97. The fourth-order valence-corrected chi connectivity index (χ4v) is 2.04. The number of hydrogen-bond donors (Lipinski definition) is 0. The van der Waals surface area contributed by atoms with E-state index in [1.165, 1.54) is 30.3 Å². The van der Waals surface area contributed by atoms with Gasteiger partial charge in [-0.2, -0.15) is 18.4 Å². The lowest BCUT2D eigenvalue weighted by Crippen LogP contribution is -2.15. The number of rotatable bonds is 5. The van der Waals surface area contributed by atoms with E-state index < -0.39 is 17.7 Å². The van der Waals surface area contributed by atoms with Gasteiger partial charge in [0.15, 0.2) is 0 Å². The van der Waals surface area contributed by atoms with Crippen molar-refractivity contribution >= 4 is 12.0 Å². The van der Waals surface area contributed by atoms with Crippen LogP contribution >= 0.6 is 0 Å². The summed E-state index contributed by atoms with van der Waals surface area (Å²) in [5.41, 5.74) is -0.811. The molecule has 1 heterocycles. The van der Waals surface area contributed by atoms with E-state index in [9.17, 15) is 18.0 Å². The van der Waals surface area contributed by atoms with Gasteiger partial charge in [0, 0.05) is 11.6 Å². The normalized spacial score (nSPS) is 13.2. The molecule has 0 spiro atoms. The molecule has 4 nitrogen and oxygen atoms in total. The first-order valence-corrected chi connectivity index (χ1v) is 7.84. The van der Waals surface area contributed by atoms with Gasteiger partial charge in [0.2, 0.25) is 0 Å². The van der Waals surface area contributed by atoms with Crippen molar-refractivity contribution in [3.63, 3.8) is 0 Å². The first-order chi connectivity index (χ1) is 12.2. The highest BCUT2D eigenvalue weighted by Gasteiger charge is 2.30. The van der Waals surface area contributed by atoms with Crippen LogP contribution in [0.1, 0.15) is 31.6 Å². The molecule has 0 aliphatic heterocycles. The Morgan fingerprint density at radius 2 is 2.08 bits per heavy atom. The number of halogens is 3. The topological polar surface area (TPSA) is 63.2 Å². The Balaban J connectivity index is 2.27. The zero-order valence-electron chi connectivity index (χ0n) is 14.1. The van der Waals surface area contributed by atoms with Gasteiger partial charge in [-0.15, -0.1) is 0 Å². The number of nitrogens with zero attached hydrogens (tertiary/aromatic N) is 1. The van der Waals surface area contributed by atoms with Crippen LogP contribution in [-0.4, -0.2) is 12.1 Å². The quantitative estimate of drug-likeness (QED) is 0.415. The molecule has 0 aliphatic carbocycles. The summed E-state index contributed by atoms with van der Waals surface area (Å²) in [6, 6.07) is 9.35. The van der Waals surface area contributed by atoms with E-state index in [0.29, 0.717) is 6.42 Å². The number of carbonyl (C=O) groups excluding carboxylic acids is 1. The van der Waals surface area contributed by atoms with Gasteiger partial charge in [-0.3, -0.25) is 0 Å². The van der Waals surface area contributed by atoms with E-state index >= 15 is 0 Å². The van der Waals surface area contributed by atoms with Crippen molar-refractivity contribution < 1.29 is 27.1 Å². The predicted molar refractivity (Wildman–Crippen MR) is 88.6 cm³/mol. The third-order valence-electron chi connectivity index (χ3n) is 3.61. The molecule has 2 aromatic rings. The van der Waals surface area contributed by atoms with Crippen LogP contribution in [0.5, 0.6) is 0 Å². The Morgan fingerprint density at radius 1 is 1.35 bits per heavy atom. The van der Waals surface area contributed by atoms with E-state index in [4.69, 9.17) is 14.4 Å². The van der Waals surface area contributed by atoms with Crippen molar-refractivity contribution in [2.45, 2.75) is 32.5 Å². The molecule has 7 heteroatoms. The summed E-state index contributed by atoms with van der Waals surface area (Å²) in [5, 5.41) is 9.11. The molecule has 26 heavy (non-hydrogen) atoms. The van der Waals surface area contributed by atoms with Gasteiger partial charge in [0.25, 0.3) is 0 Å². The Labute approximate surface area is 148 Å². The average Bonchev–Trinajstić information content (AvgIpc) is 3.07. The molecule has 136 valence electrons. The molecule has 1 aromatic carbocycles. The third kappa shape index (κ3) is 4.76. The maximum absolute atomic E-state index is 12.8. The molecular weight excluding hydrogens is 347 g/mol. The molecule has 1 atom stereocenters. The van der Waals surface area contributed by atoms with Crippen LogP contribution in [0.25, 0.3) is 17.4 Å². The standard InChI is InChI=1S/C19H16F3NO3/c1-3-12(2)25-18(24)14(11-23)10-16-7-8-17(26-16)13-5-4-6-15(9-13)19(20,21)22/h4-10,12H,3H2,1-2H3/b14-10-.